The van der Waals surface area contributed by atoms with E-state index in [1.54, 1.807) is 0 Å². The van der Waals surface area contributed by atoms with Crippen molar-refractivity contribution in [3.05, 3.63) is 39.6 Å². The lowest BCUT2D eigenvalue weighted by Gasteiger charge is -2.47. The van der Waals surface area contributed by atoms with Crippen LogP contribution in [0.4, 0.5) is 0 Å². The van der Waals surface area contributed by atoms with E-state index >= 15 is 0 Å². The molecule has 8 heteroatoms. The Balaban J connectivity index is 0.00000341. The predicted octanol–water partition coefficient (Wildman–Crippen LogP) is 2.02. The van der Waals surface area contributed by atoms with Gasteiger partial charge < -0.3 is 31.4 Å². The smallest absolute Gasteiger partial charge is 0.252 e. The van der Waals surface area contributed by atoms with E-state index in [-0.39, 0.29) is 47.4 Å². The Bertz CT molecular complexity index is 733. The normalized spacial score (nSPS) is 25.8. The van der Waals surface area contributed by atoms with Crippen molar-refractivity contribution in [3.63, 3.8) is 0 Å². The van der Waals surface area contributed by atoms with Crippen molar-refractivity contribution in [2.24, 2.45) is 17.3 Å². The van der Waals surface area contributed by atoms with E-state index in [1.807, 2.05) is 6.08 Å². The Morgan fingerprint density at radius 1 is 1.30 bits per heavy atom. The fraction of sp³-hybridized carbons (Fsp3) is 0.720. The molecule has 6 N–H and O–H groups in total. The highest BCUT2D eigenvalue weighted by Crippen LogP contribution is 2.42. The van der Waals surface area contributed by atoms with Gasteiger partial charge >= 0.3 is 0 Å². The third-order valence-corrected chi connectivity index (χ3v) is 7.27. The highest BCUT2D eigenvalue weighted by atomic mass is 35.5. The van der Waals surface area contributed by atoms with Gasteiger partial charge in [0, 0.05) is 30.6 Å². The van der Waals surface area contributed by atoms with E-state index in [0.717, 1.165) is 43.9 Å². The highest BCUT2D eigenvalue weighted by molar-refractivity contribution is 6.29. The number of carbonyl (C=O) groups is 1. The second-order valence-corrected chi connectivity index (χ2v) is 10.7. The summed E-state index contributed by atoms with van der Waals surface area (Å²) in [6, 6.07) is 0.0819. The van der Waals surface area contributed by atoms with Crippen molar-refractivity contribution in [1.29, 1.82) is 0 Å². The van der Waals surface area contributed by atoms with Crippen LogP contribution in [0.5, 0.6) is 0 Å². The number of carbonyl (C=O) groups excluding carboxylic acids is 1. The van der Waals surface area contributed by atoms with Gasteiger partial charge in [-0.25, -0.2) is 0 Å². The summed E-state index contributed by atoms with van der Waals surface area (Å²) < 4.78 is 0. The Kier molecular flexibility index (Phi) is 13.1. The van der Waals surface area contributed by atoms with Gasteiger partial charge in [-0.05, 0) is 49.1 Å². The molecule has 2 heterocycles. The Hall–Kier alpha value is -1.22. The van der Waals surface area contributed by atoms with E-state index in [1.165, 1.54) is 5.57 Å². The second-order valence-electron chi connectivity index (χ2n) is 10.2. The highest BCUT2D eigenvalue weighted by Gasteiger charge is 2.38. The van der Waals surface area contributed by atoms with Crippen LogP contribution in [0, 0.1) is 22.5 Å². The molecule has 0 spiro atoms. The molecule has 3 atom stereocenters. The molecule has 2 unspecified atom stereocenters. The summed E-state index contributed by atoms with van der Waals surface area (Å²) in [5, 5.41) is 16.1. The molecule has 0 bridgehead atoms. The standard InChI is InChI=1S/C24H38ClN3O2.CH4.2H2O/c1-17(2)22(26-23(29)19-6-5-12-28(30)14-19)15-27-13-11-21(24(3,4)16-27)18-7-9-20(25)10-8-18;;;/h6-7,9,17,21-22,28H,5,8,10-16H2,1-4H3,(H,26,29);1H4;2*1H2/t21?,22-;;;/m0.../s1. The largest absolute Gasteiger partial charge is 0.634 e. The van der Waals surface area contributed by atoms with Gasteiger partial charge in [-0.15, -0.1) is 0 Å². The van der Waals surface area contributed by atoms with Gasteiger partial charge in [-0.1, -0.05) is 64.4 Å². The number of likely N-dealkylation sites (tertiary alicyclic amines) is 1. The maximum Gasteiger partial charge on any atom is 0.252 e. The van der Waals surface area contributed by atoms with Crippen LogP contribution in [0.15, 0.2) is 34.4 Å². The molecular weight excluding hydrogens is 442 g/mol. The molecule has 2 aliphatic heterocycles. The monoisotopic (exact) mass is 487 g/mol. The zero-order valence-corrected chi connectivity index (χ0v) is 20.7. The van der Waals surface area contributed by atoms with E-state index in [0.29, 0.717) is 30.4 Å². The third kappa shape index (κ3) is 8.50. The van der Waals surface area contributed by atoms with Crippen LogP contribution in [0.2, 0.25) is 0 Å². The van der Waals surface area contributed by atoms with Crippen LogP contribution in [0.25, 0.3) is 0 Å². The molecule has 1 saturated heterocycles. The molecule has 1 amide bonds. The molecule has 33 heavy (non-hydrogen) atoms. The molecular formula is C25H46ClN3O4. The van der Waals surface area contributed by atoms with Crippen LogP contribution in [0.1, 0.15) is 60.8 Å². The number of nitrogens with zero attached hydrogens (tertiary/aromatic N) is 1. The lowest BCUT2D eigenvalue weighted by molar-refractivity contribution is -0.843. The minimum atomic E-state index is -0.0630. The van der Waals surface area contributed by atoms with Gasteiger partial charge in [0.1, 0.15) is 6.54 Å². The molecule has 7 nitrogen and oxygen atoms in total. The molecule has 0 saturated carbocycles. The van der Waals surface area contributed by atoms with Crippen molar-refractivity contribution in [1.82, 2.24) is 10.2 Å². The number of amides is 1. The average Bonchev–Trinajstić information content (AvgIpc) is 2.67. The van der Waals surface area contributed by atoms with Crippen LogP contribution in [0.3, 0.4) is 0 Å². The Morgan fingerprint density at radius 3 is 2.55 bits per heavy atom. The maximum atomic E-state index is 12.7. The van der Waals surface area contributed by atoms with Gasteiger partial charge in [-0.3, -0.25) is 4.79 Å². The van der Waals surface area contributed by atoms with Crippen molar-refractivity contribution >= 4 is 17.5 Å². The first-order chi connectivity index (χ1) is 14.2. The van der Waals surface area contributed by atoms with Crippen LogP contribution in [-0.4, -0.2) is 60.5 Å². The minimum absolute atomic E-state index is 0. The van der Waals surface area contributed by atoms with E-state index in [2.05, 4.69) is 50.1 Å². The number of hydroxylamine groups is 2. The van der Waals surface area contributed by atoms with Gasteiger partial charge in [0.15, 0.2) is 0 Å². The van der Waals surface area contributed by atoms with Gasteiger partial charge in [-0.2, -0.15) is 0 Å². The first-order valence-corrected chi connectivity index (χ1v) is 11.8. The Labute approximate surface area is 205 Å². The molecule has 1 fully saturated rings. The molecule has 0 radical (unpaired) electrons. The first-order valence-electron chi connectivity index (χ1n) is 11.4. The number of quaternary nitrogens is 1. The number of rotatable bonds is 6. The van der Waals surface area contributed by atoms with Crippen molar-refractivity contribution in [3.8, 4) is 0 Å². The molecule has 1 aliphatic carbocycles. The van der Waals surface area contributed by atoms with E-state index < -0.39 is 0 Å². The van der Waals surface area contributed by atoms with Crippen molar-refractivity contribution in [2.45, 2.75) is 66.8 Å². The van der Waals surface area contributed by atoms with Crippen LogP contribution < -0.4 is 10.4 Å². The summed E-state index contributed by atoms with van der Waals surface area (Å²) >= 11 is 6.16. The quantitative estimate of drug-likeness (QED) is 0.557. The molecule has 0 aromatic carbocycles. The zero-order chi connectivity index (χ0) is 21.9. The lowest BCUT2D eigenvalue weighted by atomic mass is 9.68. The van der Waals surface area contributed by atoms with Gasteiger partial charge in [0.2, 0.25) is 0 Å². The molecule has 3 aliphatic rings. The fourth-order valence-electron chi connectivity index (χ4n) is 5.15. The number of hydrogen-bond donors (Lipinski definition) is 2. The number of piperidine rings is 1. The van der Waals surface area contributed by atoms with E-state index in [9.17, 15) is 10.0 Å². The predicted molar refractivity (Wildman–Crippen MR) is 137 cm³/mol. The second kappa shape index (κ2) is 13.6. The number of nitrogens with one attached hydrogen (secondary N) is 2. The average molecular weight is 488 g/mol. The van der Waals surface area contributed by atoms with Gasteiger partial charge in [0.05, 0.1) is 12.1 Å². The number of allylic oxidation sites excluding steroid dienone is 4. The minimum Gasteiger partial charge on any atom is -0.634 e. The summed E-state index contributed by atoms with van der Waals surface area (Å²) in [5.74, 6) is 0.857. The number of hydrogen-bond acceptors (Lipinski definition) is 3. The zero-order valence-electron chi connectivity index (χ0n) is 20.0. The molecule has 0 aromatic rings. The molecule has 192 valence electrons. The third-order valence-electron chi connectivity index (χ3n) is 6.96. The molecule has 0 aromatic heterocycles. The summed E-state index contributed by atoms with van der Waals surface area (Å²) in [7, 11) is 0. The van der Waals surface area contributed by atoms with Crippen molar-refractivity contribution < 1.29 is 20.8 Å². The fourth-order valence-corrected chi connectivity index (χ4v) is 5.30. The Morgan fingerprint density at radius 2 is 2.00 bits per heavy atom. The number of halogens is 1. The summed E-state index contributed by atoms with van der Waals surface area (Å²) in [6.07, 6.45) is 10.1. The van der Waals surface area contributed by atoms with Crippen LogP contribution in [-0.2, 0) is 4.79 Å². The maximum absolute atomic E-state index is 12.7. The van der Waals surface area contributed by atoms with Gasteiger partial charge in [0.25, 0.3) is 5.91 Å². The lowest BCUT2D eigenvalue weighted by Crippen LogP contribution is -3.08. The SMILES string of the molecule is C.CC(C)[C@H](CN1CCC(C2=CC=C(Cl)CC2)C(C)(C)C1)NC(=O)C1=CCC[NH+]([O-])C1.O.O. The van der Waals surface area contributed by atoms with Crippen molar-refractivity contribution in [2.75, 3.05) is 32.7 Å². The first kappa shape index (κ1) is 31.8. The summed E-state index contributed by atoms with van der Waals surface area (Å²) in [5.41, 5.74) is 2.37. The molecule has 3 rings (SSSR count). The summed E-state index contributed by atoms with van der Waals surface area (Å²) in [4.78, 5) is 15.2. The van der Waals surface area contributed by atoms with Crippen LogP contribution >= 0.6 is 11.6 Å². The topological polar surface area (TPSA) is 123 Å². The van der Waals surface area contributed by atoms with E-state index in [4.69, 9.17) is 11.6 Å². The summed E-state index contributed by atoms with van der Waals surface area (Å²) in [6.45, 7) is 12.8.